The molecule has 9 rings (SSSR count). The maximum atomic E-state index is 15.8. The van der Waals surface area contributed by atoms with Crippen LogP contribution in [0.25, 0.3) is 11.3 Å². The van der Waals surface area contributed by atoms with Crippen LogP contribution in [0.1, 0.15) is 164 Å². The van der Waals surface area contributed by atoms with Gasteiger partial charge in [0, 0.05) is 19.1 Å². The molecule has 1 saturated heterocycles. The zero-order chi connectivity index (χ0) is 45.0. The summed E-state index contributed by atoms with van der Waals surface area (Å²) in [5, 5.41) is 9.70. The molecule has 6 saturated carbocycles. The minimum atomic E-state index is -1.16. The summed E-state index contributed by atoms with van der Waals surface area (Å²) >= 11 is 0. The zero-order valence-electron chi connectivity index (χ0n) is 39.9. The summed E-state index contributed by atoms with van der Waals surface area (Å²) in [4.78, 5) is 51.8. The maximum absolute atomic E-state index is 15.8. The summed E-state index contributed by atoms with van der Waals surface area (Å²) in [5.74, 6) is 3.24. The van der Waals surface area contributed by atoms with Crippen molar-refractivity contribution in [1.29, 1.82) is 0 Å². The average Bonchev–Trinajstić information content (AvgIpc) is 3.61. The minimum Gasteiger partial charge on any atom is -0.491 e. The number of imidazole rings is 1. The van der Waals surface area contributed by atoms with E-state index in [9.17, 15) is 14.7 Å². The Morgan fingerprint density at radius 2 is 1.57 bits per heavy atom. The van der Waals surface area contributed by atoms with Gasteiger partial charge in [-0.05, 0) is 185 Å². The number of ether oxygens (including phenoxy) is 3. The molecule has 0 unspecified atom stereocenters. The average molecular weight is 868 g/mol. The Balaban J connectivity index is 0.960. The number of fused-ring (bicyclic) bond motifs is 7. The summed E-state index contributed by atoms with van der Waals surface area (Å²) in [7, 11) is 1.67. The first-order chi connectivity index (χ1) is 29.7. The van der Waals surface area contributed by atoms with E-state index in [1.807, 2.05) is 18.3 Å². The second-order valence-corrected chi connectivity index (χ2v) is 24.1. The molecule has 0 bridgehead atoms. The number of nitrogens with one attached hydrogen (secondary N) is 1. The third-order valence-corrected chi connectivity index (χ3v) is 20.3. The third-order valence-electron chi connectivity index (χ3n) is 20.3. The fraction of sp³-hybridized carbons (Fsp3) is 0.774. The van der Waals surface area contributed by atoms with Gasteiger partial charge in [0.05, 0.1) is 41.8 Å². The van der Waals surface area contributed by atoms with Crippen molar-refractivity contribution in [3.05, 3.63) is 36.3 Å². The summed E-state index contributed by atoms with van der Waals surface area (Å²) in [5.41, 5.74) is 1.06. The van der Waals surface area contributed by atoms with Crippen LogP contribution in [0, 0.1) is 67.5 Å². The van der Waals surface area contributed by atoms with Crippen LogP contribution >= 0.6 is 0 Å². The number of nitrogens with zero attached hydrogens (tertiary/aromatic N) is 2. The molecule has 2 N–H and O–H groups in total. The van der Waals surface area contributed by atoms with Crippen LogP contribution in [0.3, 0.4) is 0 Å². The molecule has 11 atom stereocenters. The molecule has 1 aromatic carbocycles. The van der Waals surface area contributed by atoms with Gasteiger partial charge in [0.25, 0.3) is 0 Å². The first-order valence-corrected chi connectivity index (χ1v) is 24.8. The standard InChI is InChI=1S/C53H77N3O7/c1-47(2,46(59)60)31-42(57)63-41-20-21-50(6)39(48(41,3)4)19-22-52(8)40(50)17-16-36-43-35(49(5)24-25-49)18-23-53(43,27-26-51(36,52)7)45(58)56-28-10-11-38(56)44-54-32-37(55-44)33-12-14-34(15-13-33)62-30-29-61-9/h12-15,32,35-36,38-41,43H,10-11,16-31H2,1-9H3,(H,54,55)(H,59,60)/t35-,36-,38+,39+,40-,41+,43-,50+,51-,52-,53+/m1/s1. The summed E-state index contributed by atoms with van der Waals surface area (Å²) in [6.45, 7) is 20.2. The molecular formula is C53H77N3O7. The van der Waals surface area contributed by atoms with Crippen LogP contribution in [-0.4, -0.2) is 70.8 Å². The van der Waals surface area contributed by atoms with E-state index in [2.05, 4.69) is 63.6 Å². The van der Waals surface area contributed by atoms with Crippen LogP contribution in [0.2, 0.25) is 0 Å². The normalized spacial score (nSPS) is 38.7. The number of carboxylic acids is 1. The van der Waals surface area contributed by atoms with E-state index in [1.165, 1.54) is 32.1 Å². The Morgan fingerprint density at radius 1 is 0.825 bits per heavy atom. The smallest absolute Gasteiger partial charge is 0.309 e. The molecule has 63 heavy (non-hydrogen) atoms. The molecule has 10 heteroatoms. The number of esters is 1. The number of hydrogen-bond donors (Lipinski definition) is 2. The molecule has 1 aliphatic heterocycles. The topological polar surface area (TPSA) is 131 Å². The van der Waals surface area contributed by atoms with Gasteiger partial charge in [0.1, 0.15) is 24.3 Å². The molecule has 346 valence electrons. The number of hydrogen-bond acceptors (Lipinski definition) is 7. The number of likely N-dealkylation sites (tertiary alicyclic amines) is 1. The number of amides is 1. The quantitative estimate of drug-likeness (QED) is 0.159. The highest BCUT2D eigenvalue weighted by atomic mass is 16.5. The van der Waals surface area contributed by atoms with Crippen LogP contribution in [0.5, 0.6) is 5.75 Å². The number of H-pyrrole nitrogens is 1. The zero-order valence-corrected chi connectivity index (χ0v) is 39.9. The van der Waals surface area contributed by atoms with Gasteiger partial charge in [-0.25, -0.2) is 4.98 Å². The van der Waals surface area contributed by atoms with Crippen molar-refractivity contribution in [2.45, 2.75) is 164 Å². The molecule has 7 fully saturated rings. The number of aliphatic carboxylic acids is 1. The first kappa shape index (κ1) is 44.8. The lowest BCUT2D eigenvalue weighted by molar-refractivity contribution is -0.251. The van der Waals surface area contributed by atoms with E-state index >= 15 is 4.79 Å². The molecule has 10 nitrogen and oxygen atoms in total. The van der Waals surface area contributed by atoms with Crippen LogP contribution in [-0.2, 0) is 23.9 Å². The predicted molar refractivity (Wildman–Crippen MR) is 242 cm³/mol. The fourth-order valence-corrected chi connectivity index (χ4v) is 16.3. The van der Waals surface area contributed by atoms with E-state index in [0.29, 0.717) is 54.1 Å². The van der Waals surface area contributed by atoms with E-state index in [1.54, 1.807) is 21.0 Å². The Labute approximate surface area is 376 Å². The second kappa shape index (κ2) is 15.6. The van der Waals surface area contributed by atoms with Gasteiger partial charge in [0.15, 0.2) is 0 Å². The number of rotatable bonds is 12. The molecule has 0 radical (unpaired) electrons. The summed E-state index contributed by atoms with van der Waals surface area (Å²) in [6, 6.07) is 8.07. The molecule has 7 aliphatic rings. The molecule has 6 aliphatic carbocycles. The van der Waals surface area contributed by atoms with Gasteiger partial charge >= 0.3 is 11.9 Å². The highest BCUT2D eigenvalue weighted by Gasteiger charge is 2.74. The number of carbonyl (C=O) groups excluding carboxylic acids is 2. The monoisotopic (exact) mass is 868 g/mol. The van der Waals surface area contributed by atoms with Crippen molar-refractivity contribution >= 4 is 17.8 Å². The molecule has 1 amide bonds. The van der Waals surface area contributed by atoms with Crippen molar-refractivity contribution < 1.29 is 33.7 Å². The lowest BCUT2D eigenvalue weighted by atomic mass is 9.32. The van der Waals surface area contributed by atoms with Crippen molar-refractivity contribution in [3.63, 3.8) is 0 Å². The van der Waals surface area contributed by atoms with E-state index in [-0.39, 0.29) is 45.6 Å². The molecule has 2 heterocycles. The molecule has 0 spiro atoms. The number of aromatic nitrogens is 2. The number of benzene rings is 1. The van der Waals surface area contributed by atoms with Gasteiger partial charge in [0.2, 0.25) is 5.91 Å². The van der Waals surface area contributed by atoms with Crippen LogP contribution in [0.15, 0.2) is 30.5 Å². The highest BCUT2D eigenvalue weighted by molar-refractivity contribution is 5.85. The SMILES string of the molecule is COCCOc1ccc(-c2cnc([C@@H]3CCCN3C(=O)[C@]34CC[C@@H](C5(C)CC5)[C@@H]3[C@H]3CC[C@@H]5[C@@]6(C)CC[C@H](OC(=O)CC(C)(C)C(=O)O)C(C)(C)[C@@H]6CC[C@@]5(C)[C@]3(C)CC4)[nH]2)cc1. The first-order valence-electron chi connectivity index (χ1n) is 24.8. The Kier molecular flexibility index (Phi) is 11.1. The van der Waals surface area contributed by atoms with Crippen LogP contribution < -0.4 is 4.74 Å². The third kappa shape index (κ3) is 7.01. The predicted octanol–water partition coefficient (Wildman–Crippen LogP) is 11.1. The van der Waals surface area contributed by atoms with Crippen molar-refractivity contribution in [3.8, 4) is 17.0 Å². The number of methoxy groups -OCH3 is 1. The minimum absolute atomic E-state index is 0.0355. The Hall–Kier alpha value is -3.40. The molecule has 1 aromatic heterocycles. The number of aromatic amines is 1. The van der Waals surface area contributed by atoms with E-state index in [0.717, 1.165) is 87.2 Å². The number of carboxylic acid groups (broad SMARTS) is 1. The van der Waals surface area contributed by atoms with Gasteiger partial charge in [-0.15, -0.1) is 0 Å². The van der Waals surface area contributed by atoms with Crippen molar-refractivity contribution in [1.82, 2.24) is 14.9 Å². The van der Waals surface area contributed by atoms with E-state index in [4.69, 9.17) is 19.2 Å². The molecular weight excluding hydrogens is 791 g/mol. The summed E-state index contributed by atoms with van der Waals surface area (Å²) in [6.07, 6.45) is 16.9. The maximum Gasteiger partial charge on any atom is 0.309 e. The number of carbonyl (C=O) groups is 3. The lowest BCUT2D eigenvalue weighted by Gasteiger charge is -2.73. The Morgan fingerprint density at radius 3 is 2.27 bits per heavy atom. The van der Waals surface area contributed by atoms with Crippen LogP contribution in [0.4, 0.5) is 0 Å². The van der Waals surface area contributed by atoms with E-state index < -0.39 is 17.4 Å². The summed E-state index contributed by atoms with van der Waals surface area (Å²) < 4.78 is 17.2. The fourth-order valence-electron chi connectivity index (χ4n) is 16.3. The second-order valence-electron chi connectivity index (χ2n) is 24.1. The van der Waals surface area contributed by atoms with Gasteiger partial charge in [-0.2, -0.15) is 0 Å². The Bertz CT molecular complexity index is 2070. The van der Waals surface area contributed by atoms with Gasteiger partial charge < -0.3 is 29.2 Å². The largest absolute Gasteiger partial charge is 0.491 e. The van der Waals surface area contributed by atoms with Gasteiger partial charge in [-0.3, -0.25) is 14.4 Å². The van der Waals surface area contributed by atoms with Crippen molar-refractivity contribution in [2.75, 3.05) is 26.9 Å². The van der Waals surface area contributed by atoms with Crippen molar-refractivity contribution in [2.24, 2.45) is 67.5 Å². The van der Waals surface area contributed by atoms with Gasteiger partial charge in [-0.1, -0.05) is 41.5 Å². The molecule has 2 aromatic rings. The lowest BCUT2D eigenvalue weighted by Crippen LogP contribution is -2.67. The highest BCUT2D eigenvalue weighted by Crippen LogP contribution is 2.79.